The lowest BCUT2D eigenvalue weighted by atomic mass is 9.84. The van der Waals surface area contributed by atoms with Crippen molar-refractivity contribution in [2.75, 3.05) is 6.61 Å². The van der Waals surface area contributed by atoms with E-state index in [9.17, 15) is 4.79 Å². The first-order valence-electron chi connectivity index (χ1n) is 6.12. The molecule has 0 fully saturated rings. The van der Waals surface area contributed by atoms with Gasteiger partial charge in [-0.1, -0.05) is 23.8 Å². The van der Waals surface area contributed by atoms with Gasteiger partial charge < -0.3 is 4.74 Å². The highest BCUT2D eigenvalue weighted by molar-refractivity contribution is 5.69. The average Bonchev–Trinajstić information content (AvgIpc) is 2.27. The van der Waals surface area contributed by atoms with Crippen molar-refractivity contribution in [2.24, 2.45) is 5.92 Å². The molecule has 0 unspecified atom stereocenters. The summed E-state index contributed by atoms with van der Waals surface area (Å²) in [5, 5.41) is 0. The first-order valence-corrected chi connectivity index (χ1v) is 6.12. The van der Waals surface area contributed by atoms with E-state index >= 15 is 0 Å². The van der Waals surface area contributed by atoms with Gasteiger partial charge in [-0.25, -0.2) is 0 Å². The number of rotatable bonds is 5. The van der Waals surface area contributed by atoms with Gasteiger partial charge in [0.25, 0.3) is 0 Å². The van der Waals surface area contributed by atoms with Crippen LogP contribution >= 0.6 is 0 Å². The van der Waals surface area contributed by atoms with Crippen LogP contribution in [0.4, 0.5) is 0 Å². The average molecular weight is 222 g/mol. The highest BCUT2D eigenvalue weighted by atomic mass is 16.5. The van der Waals surface area contributed by atoms with Gasteiger partial charge in [-0.15, -0.1) is 0 Å². The normalized spacial score (nSPS) is 20.1. The lowest BCUT2D eigenvalue weighted by Gasteiger charge is -2.21. The molecule has 16 heavy (non-hydrogen) atoms. The molecule has 90 valence electrons. The first-order chi connectivity index (χ1) is 7.63. The molecular formula is C14H22O2. The summed E-state index contributed by atoms with van der Waals surface area (Å²) >= 11 is 0. The molecule has 0 saturated heterocycles. The Morgan fingerprint density at radius 1 is 1.62 bits per heavy atom. The van der Waals surface area contributed by atoms with Crippen LogP contribution in [0.3, 0.4) is 0 Å². The van der Waals surface area contributed by atoms with Crippen LogP contribution in [0.25, 0.3) is 0 Å². The Bertz CT molecular complexity index is 289. The van der Waals surface area contributed by atoms with Gasteiger partial charge in [0.05, 0.1) is 6.61 Å². The van der Waals surface area contributed by atoms with Crippen LogP contribution in [-0.2, 0) is 9.53 Å². The lowest BCUT2D eigenvalue weighted by Crippen LogP contribution is -2.08. The topological polar surface area (TPSA) is 26.3 Å². The highest BCUT2D eigenvalue weighted by Gasteiger charge is 2.15. The fourth-order valence-electron chi connectivity index (χ4n) is 2.06. The summed E-state index contributed by atoms with van der Waals surface area (Å²) in [5.74, 6) is 0.566. The second-order valence-electron chi connectivity index (χ2n) is 4.49. The van der Waals surface area contributed by atoms with E-state index in [0.717, 1.165) is 19.3 Å². The maximum absolute atomic E-state index is 11.2. The predicted molar refractivity (Wildman–Crippen MR) is 66.1 cm³/mol. The Labute approximate surface area is 98.4 Å². The van der Waals surface area contributed by atoms with Crippen molar-refractivity contribution in [2.45, 2.75) is 46.0 Å². The van der Waals surface area contributed by atoms with Gasteiger partial charge in [-0.05, 0) is 45.4 Å². The SMILES string of the molecule is C=C(C)[C@H]1CC=C(CCC(=O)OCC)CC1. The zero-order chi connectivity index (χ0) is 12.0. The molecule has 0 saturated carbocycles. The number of ether oxygens (including phenoxy) is 1. The van der Waals surface area contributed by atoms with E-state index in [-0.39, 0.29) is 5.97 Å². The van der Waals surface area contributed by atoms with Gasteiger partial charge in [-0.2, -0.15) is 0 Å². The zero-order valence-electron chi connectivity index (χ0n) is 10.4. The van der Waals surface area contributed by atoms with Crippen molar-refractivity contribution in [1.82, 2.24) is 0 Å². The number of carbonyl (C=O) groups is 1. The van der Waals surface area contributed by atoms with Gasteiger partial charge >= 0.3 is 5.97 Å². The predicted octanol–water partition coefficient (Wildman–Crippen LogP) is 3.63. The van der Waals surface area contributed by atoms with E-state index < -0.39 is 0 Å². The molecule has 0 aromatic carbocycles. The van der Waals surface area contributed by atoms with Gasteiger partial charge in [0.2, 0.25) is 0 Å². The summed E-state index contributed by atoms with van der Waals surface area (Å²) in [7, 11) is 0. The van der Waals surface area contributed by atoms with E-state index in [4.69, 9.17) is 4.74 Å². The molecule has 0 aromatic rings. The van der Waals surface area contributed by atoms with Crippen molar-refractivity contribution < 1.29 is 9.53 Å². The van der Waals surface area contributed by atoms with Crippen LogP contribution in [0.5, 0.6) is 0 Å². The monoisotopic (exact) mass is 222 g/mol. The molecule has 1 aliphatic carbocycles. The zero-order valence-corrected chi connectivity index (χ0v) is 10.4. The Morgan fingerprint density at radius 2 is 2.38 bits per heavy atom. The molecule has 0 radical (unpaired) electrons. The summed E-state index contributed by atoms with van der Waals surface area (Å²) in [6, 6.07) is 0. The van der Waals surface area contributed by atoms with Crippen LogP contribution in [-0.4, -0.2) is 12.6 Å². The minimum Gasteiger partial charge on any atom is -0.466 e. The molecule has 0 heterocycles. The number of carbonyl (C=O) groups excluding carboxylic acids is 1. The van der Waals surface area contributed by atoms with Crippen LogP contribution < -0.4 is 0 Å². The summed E-state index contributed by atoms with van der Waals surface area (Å²) in [6.07, 6.45) is 7.05. The van der Waals surface area contributed by atoms with Crippen molar-refractivity contribution in [3.63, 3.8) is 0 Å². The summed E-state index contributed by atoms with van der Waals surface area (Å²) < 4.78 is 4.91. The van der Waals surface area contributed by atoms with E-state index in [1.165, 1.54) is 17.6 Å². The number of esters is 1. The van der Waals surface area contributed by atoms with Crippen molar-refractivity contribution >= 4 is 5.97 Å². The third-order valence-electron chi connectivity index (χ3n) is 3.16. The van der Waals surface area contributed by atoms with Crippen molar-refractivity contribution in [1.29, 1.82) is 0 Å². The van der Waals surface area contributed by atoms with Crippen molar-refractivity contribution in [3.8, 4) is 0 Å². The number of allylic oxidation sites excluding steroid dienone is 3. The molecule has 0 amide bonds. The largest absolute Gasteiger partial charge is 0.466 e. The van der Waals surface area contributed by atoms with Gasteiger partial charge in [0.15, 0.2) is 0 Å². The molecule has 2 heteroatoms. The fraction of sp³-hybridized carbons (Fsp3) is 0.643. The molecule has 0 N–H and O–H groups in total. The maximum atomic E-state index is 11.2. The van der Waals surface area contributed by atoms with Gasteiger partial charge in [0.1, 0.15) is 0 Å². The van der Waals surface area contributed by atoms with Crippen LogP contribution in [0, 0.1) is 5.92 Å². The van der Waals surface area contributed by atoms with E-state index in [1.54, 1.807) is 0 Å². The third kappa shape index (κ3) is 4.21. The first kappa shape index (κ1) is 13.0. The molecule has 1 atom stereocenters. The second kappa shape index (κ2) is 6.51. The summed E-state index contributed by atoms with van der Waals surface area (Å²) in [5.41, 5.74) is 2.69. The van der Waals surface area contributed by atoms with Gasteiger partial charge in [0, 0.05) is 6.42 Å². The minimum atomic E-state index is -0.0783. The number of hydrogen-bond donors (Lipinski definition) is 0. The van der Waals surface area contributed by atoms with E-state index in [0.29, 0.717) is 18.9 Å². The Hall–Kier alpha value is -1.05. The minimum absolute atomic E-state index is 0.0783. The molecule has 0 aromatic heterocycles. The number of hydrogen-bond acceptors (Lipinski definition) is 2. The Kier molecular flexibility index (Phi) is 5.30. The molecular weight excluding hydrogens is 200 g/mol. The quantitative estimate of drug-likeness (QED) is 0.524. The molecule has 0 bridgehead atoms. The Morgan fingerprint density at radius 3 is 2.88 bits per heavy atom. The molecule has 1 aliphatic rings. The summed E-state index contributed by atoms with van der Waals surface area (Å²) in [4.78, 5) is 11.2. The Balaban J connectivity index is 2.30. The molecule has 0 aliphatic heterocycles. The fourth-order valence-corrected chi connectivity index (χ4v) is 2.06. The van der Waals surface area contributed by atoms with Crippen molar-refractivity contribution in [3.05, 3.63) is 23.8 Å². The maximum Gasteiger partial charge on any atom is 0.306 e. The highest BCUT2D eigenvalue weighted by Crippen LogP contribution is 2.29. The van der Waals surface area contributed by atoms with Crippen LogP contribution in [0.1, 0.15) is 46.0 Å². The molecule has 1 rings (SSSR count). The molecule has 0 spiro atoms. The third-order valence-corrected chi connectivity index (χ3v) is 3.16. The van der Waals surface area contributed by atoms with Gasteiger partial charge in [-0.3, -0.25) is 4.79 Å². The van der Waals surface area contributed by atoms with Crippen LogP contribution in [0.2, 0.25) is 0 Å². The van der Waals surface area contributed by atoms with E-state index in [1.807, 2.05) is 6.92 Å². The standard InChI is InChI=1S/C14H22O2/c1-4-16-14(15)10-7-12-5-8-13(9-6-12)11(2)3/h5,13H,2,4,6-10H2,1,3H3/t13-/m0/s1. The lowest BCUT2D eigenvalue weighted by molar-refractivity contribution is -0.143. The smallest absolute Gasteiger partial charge is 0.306 e. The van der Waals surface area contributed by atoms with E-state index in [2.05, 4.69) is 19.6 Å². The molecule has 2 nitrogen and oxygen atoms in total. The van der Waals surface area contributed by atoms with Crippen LogP contribution in [0.15, 0.2) is 23.8 Å². The second-order valence-corrected chi connectivity index (χ2v) is 4.49. The summed E-state index contributed by atoms with van der Waals surface area (Å²) in [6.45, 7) is 8.42.